The number of furan rings is 1. The lowest BCUT2D eigenvalue weighted by Crippen LogP contribution is -2.40. The zero-order valence-corrected chi connectivity index (χ0v) is 9.72. The number of hydrogen-bond donors (Lipinski definition) is 1. The van der Waals surface area contributed by atoms with Gasteiger partial charge in [0.2, 0.25) is 5.91 Å². The van der Waals surface area contributed by atoms with Crippen LogP contribution in [0.3, 0.4) is 0 Å². The van der Waals surface area contributed by atoms with Gasteiger partial charge in [-0.25, -0.2) is 4.79 Å². The third kappa shape index (κ3) is 2.71. The fourth-order valence-electron chi connectivity index (χ4n) is 1.50. The van der Waals surface area contributed by atoms with E-state index in [4.69, 9.17) is 9.52 Å². The summed E-state index contributed by atoms with van der Waals surface area (Å²) >= 11 is 1.44. The Bertz CT molecular complexity index is 440. The number of rotatable bonds is 3. The monoisotopic (exact) mass is 253 g/mol. The van der Waals surface area contributed by atoms with Gasteiger partial charge in [0.1, 0.15) is 11.8 Å². The Morgan fingerprint density at radius 2 is 2.41 bits per heavy atom. The predicted octanol–water partition coefficient (Wildman–Crippen LogP) is 1.28. The maximum absolute atomic E-state index is 11.8. The number of nitrogens with zero attached hydrogens (tertiary/aromatic N) is 1. The molecule has 1 saturated heterocycles. The van der Waals surface area contributed by atoms with E-state index in [0.29, 0.717) is 17.4 Å². The van der Waals surface area contributed by atoms with Crippen LogP contribution in [-0.4, -0.2) is 39.6 Å². The normalized spacial score (nSPS) is 20.0. The van der Waals surface area contributed by atoms with Gasteiger partial charge in [0.15, 0.2) is 0 Å². The minimum atomic E-state index is -0.963. The molecular formula is C11H11NO4S. The molecule has 0 aromatic carbocycles. The van der Waals surface area contributed by atoms with Crippen molar-refractivity contribution in [3.05, 3.63) is 30.2 Å². The van der Waals surface area contributed by atoms with Crippen molar-refractivity contribution in [3.63, 3.8) is 0 Å². The van der Waals surface area contributed by atoms with Crippen LogP contribution < -0.4 is 0 Å². The van der Waals surface area contributed by atoms with Crippen molar-refractivity contribution in [1.82, 2.24) is 4.90 Å². The standard InChI is InChI=1S/C11H11NO4S/c13-10(4-3-8-2-1-5-16-8)12-7-17-6-9(12)11(14)15/h1-5,9H,6-7H2,(H,14,15)/b4-3+/t9-/m0/s1. The van der Waals surface area contributed by atoms with Gasteiger partial charge < -0.3 is 14.4 Å². The molecule has 0 radical (unpaired) electrons. The number of carboxylic acids is 1. The second-order valence-electron chi connectivity index (χ2n) is 3.51. The molecule has 1 aromatic heterocycles. The van der Waals surface area contributed by atoms with Gasteiger partial charge in [-0.2, -0.15) is 0 Å². The average molecular weight is 253 g/mol. The van der Waals surface area contributed by atoms with E-state index in [1.807, 2.05) is 0 Å². The molecule has 1 atom stereocenters. The number of carboxylic acid groups (broad SMARTS) is 1. The quantitative estimate of drug-likeness (QED) is 0.822. The van der Waals surface area contributed by atoms with Crippen molar-refractivity contribution >= 4 is 29.7 Å². The molecule has 17 heavy (non-hydrogen) atoms. The summed E-state index contributed by atoms with van der Waals surface area (Å²) in [4.78, 5) is 24.0. The minimum Gasteiger partial charge on any atom is -0.480 e. The Morgan fingerprint density at radius 3 is 3.06 bits per heavy atom. The molecule has 1 aliphatic rings. The minimum absolute atomic E-state index is 0.307. The van der Waals surface area contributed by atoms with Gasteiger partial charge in [-0.1, -0.05) is 0 Å². The van der Waals surface area contributed by atoms with Crippen LogP contribution in [0.1, 0.15) is 5.76 Å². The molecule has 1 fully saturated rings. The van der Waals surface area contributed by atoms with Crippen molar-refractivity contribution in [3.8, 4) is 0 Å². The maximum atomic E-state index is 11.8. The average Bonchev–Trinajstić information content (AvgIpc) is 2.96. The fourth-order valence-corrected chi connectivity index (χ4v) is 2.65. The summed E-state index contributed by atoms with van der Waals surface area (Å²) in [7, 11) is 0. The van der Waals surface area contributed by atoms with E-state index < -0.39 is 12.0 Å². The van der Waals surface area contributed by atoms with E-state index in [1.54, 1.807) is 12.1 Å². The van der Waals surface area contributed by atoms with E-state index in [-0.39, 0.29) is 5.91 Å². The van der Waals surface area contributed by atoms with Crippen LogP contribution in [0, 0.1) is 0 Å². The van der Waals surface area contributed by atoms with Crippen molar-refractivity contribution < 1.29 is 19.1 Å². The highest BCUT2D eigenvalue weighted by Gasteiger charge is 2.33. The highest BCUT2D eigenvalue weighted by atomic mass is 32.2. The molecule has 0 saturated carbocycles. The first kappa shape index (κ1) is 11.8. The highest BCUT2D eigenvalue weighted by molar-refractivity contribution is 7.99. The second-order valence-corrected chi connectivity index (χ2v) is 4.51. The summed E-state index contributed by atoms with van der Waals surface area (Å²) in [6, 6.07) is 2.71. The van der Waals surface area contributed by atoms with E-state index in [2.05, 4.69) is 0 Å². The lowest BCUT2D eigenvalue weighted by Gasteiger charge is -2.18. The van der Waals surface area contributed by atoms with Gasteiger partial charge in [0, 0.05) is 11.8 Å². The van der Waals surface area contributed by atoms with Crippen molar-refractivity contribution in [2.75, 3.05) is 11.6 Å². The molecule has 0 unspecified atom stereocenters. The largest absolute Gasteiger partial charge is 0.480 e. The Balaban J connectivity index is 2.02. The van der Waals surface area contributed by atoms with Crippen LogP contribution >= 0.6 is 11.8 Å². The summed E-state index contributed by atoms with van der Waals surface area (Å²) in [6.07, 6.45) is 4.38. The first-order chi connectivity index (χ1) is 8.18. The van der Waals surface area contributed by atoms with Gasteiger partial charge in [-0.05, 0) is 18.2 Å². The molecular weight excluding hydrogens is 242 g/mol. The van der Waals surface area contributed by atoms with Crippen LogP contribution in [-0.2, 0) is 9.59 Å². The number of thioether (sulfide) groups is 1. The van der Waals surface area contributed by atoms with Crippen molar-refractivity contribution in [2.24, 2.45) is 0 Å². The first-order valence-electron chi connectivity index (χ1n) is 5.01. The summed E-state index contributed by atoms with van der Waals surface area (Å²) < 4.78 is 5.04. The van der Waals surface area contributed by atoms with E-state index in [0.717, 1.165) is 0 Å². The number of amides is 1. The zero-order chi connectivity index (χ0) is 12.3. The van der Waals surface area contributed by atoms with Gasteiger partial charge in [-0.15, -0.1) is 11.8 Å². The topological polar surface area (TPSA) is 70.8 Å². The molecule has 2 rings (SSSR count). The van der Waals surface area contributed by atoms with Crippen LogP contribution in [0.5, 0.6) is 0 Å². The number of carbonyl (C=O) groups excluding carboxylic acids is 1. The number of carbonyl (C=O) groups is 2. The molecule has 1 aromatic rings. The fraction of sp³-hybridized carbons (Fsp3) is 0.273. The molecule has 5 nitrogen and oxygen atoms in total. The Morgan fingerprint density at radius 1 is 1.59 bits per heavy atom. The maximum Gasteiger partial charge on any atom is 0.327 e. The Kier molecular flexibility index (Phi) is 3.53. The SMILES string of the molecule is O=C(O)[C@@H]1CSCN1C(=O)/C=C/c1ccco1. The summed E-state index contributed by atoms with van der Waals surface area (Å²) in [5.74, 6) is 0.152. The smallest absolute Gasteiger partial charge is 0.327 e. The highest BCUT2D eigenvalue weighted by Crippen LogP contribution is 2.21. The number of aliphatic carboxylic acids is 1. The molecule has 2 heterocycles. The van der Waals surface area contributed by atoms with Crippen LogP contribution in [0.2, 0.25) is 0 Å². The molecule has 0 aliphatic carbocycles. The Hall–Kier alpha value is -1.69. The van der Waals surface area contributed by atoms with Gasteiger partial charge in [-0.3, -0.25) is 4.79 Å². The van der Waals surface area contributed by atoms with E-state index in [1.165, 1.54) is 35.1 Å². The summed E-state index contributed by atoms with van der Waals surface area (Å²) in [6.45, 7) is 0. The number of hydrogen-bond acceptors (Lipinski definition) is 4. The molecule has 1 N–H and O–H groups in total. The molecule has 6 heteroatoms. The molecule has 0 bridgehead atoms. The van der Waals surface area contributed by atoms with E-state index >= 15 is 0 Å². The lowest BCUT2D eigenvalue weighted by molar-refractivity contribution is -0.146. The summed E-state index contributed by atoms with van der Waals surface area (Å²) in [5, 5.41) is 8.93. The lowest BCUT2D eigenvalue weighted by atomic mass is 10.3. The van der Waals surface area contributed by atoms with Gasteiger partial charge in [0.05, 0.1) is 12.1 Å². The predicted molar refractivity (Wildman–Crippen MR) is 63.3 cm³/mol. The van der Waals surface area contributed by atoms with Crippen molar-refractivity contribution in [2.45, 2.75) is 6.04 Å². The van der Waals surface area contributed by atoms with Crippen molar-refractivity contribution in [1.29, 1.82) is 0 Å². The third-order valence-electron chi connectivity index (χ3n) is 2.38. The van der Waals surface area contributed by atoms with Gasteiger partial charge in [0.25, 0.3) is 0 Å². The van der Waals surface area contributed by atoms with Gasteiger partial charge >= 0.3 is 5.97 Å². The molecule has 90 valence electrons. The Labute approximate surface area is 102 Å². The van der Waals surface area contributed by atoms with E-state index in [9.17, 15) is 9.59 Å². The van der Waals surface area contributed by atoms with Crippen LogP contribution in [0.4, 0.5) is 0 Å². The molecule has 1 aliphatic heterocycles. The zero-order valence-electron chi connectivity index (χ0n) is 8.91. The molecule has 1 amide bonds. The third-order valence-corrected chi connectivity index (χ3v) is 3.40. The first-order valence-corrected chi connectivity index (χ1v) is 6.16. The van der Waals surface area contributed by atoms with Crippen LogP contribution in [0.15, 0.2) is 28.9 Å². The van der Waals surface area contributed by atoms with Crippen LogP contribution in [0.25, 0.3) is 6.08 Å². The summed E-state index contributed by atoms with van der Waals surface area (Å²) in [5.41, 5.74) is 0. The molecule has 0 spiro atoms. The second kappa shape index (κ2) is 5.09.